The molecule has 9 heteroatoms. The summed E-state index contributed by atoms with van der Waals surface area (Å²) in [5.74, 6) is 0.0505. The van der Waals surface area contributed by atoms with Gasteiger partial charge in [0, 0.05) is 18.8 Å². The number of carbonyl (C=O) groups excluding carboxylic acids is 2. The second-order valence-electron chi connectivity index (χ2n) is 8.79. The molecule has 2 aliphatic heterocycles. The van der Waals surface area contributed by atoms with Crippen LogP contribution in [0.3, 0.4) is 0 Å². The molecule has 0 amide bonds. The van der Waals surface area contributed by atoms with Crippen molar-refractivity contribution in [1.29, 1.82) is 0 Å². The van der Waals surface area contributed by atoms with Crippen molar-refractivity contribution >= 4 is 35.2 Å². The van der Waals surface area contributed by atoms with Gasteiger partial charge in [-0.3, -0.25) is 0 Å². The van der Waals surface area contributed by atoms with Crippen molar-refractivity contribution in [2.75, 3.05) is 36.2 Å². The first-order valence-electron chi connectivity index (χ1n) is 12.6. The fraction of sp³-hybridized carbons (Fsp3) is 0.276. The minimum absolute atomic E-state index is 0.397. The Bertz CT molecular complexity index is 1210. The van der Waals surface area contributed by atoms with Crippen LogP contribution in [0, 0.1) is 0 Å². The van der Waals surface area contributed by atoms with E-state index in [0.29, 0.717) is 24.7 Å². The average Bonchev–Trinajstić information content (AvgIpc) is 3.85. The maximum absolute atomic E-state index is 11.9. The third-order valence-electron chi connectivity index (χ3n) is 6.14. The number of hydrogen-bond acceptors (Lipinski definition) is 9. The summed E-state index contributed by atoms with van der Waals surface area (Å²) in [6.45, 7) is 6.94. The number of anilines is 3. The van der Waals surface area contributed by atoms with Gasteiger partial charge in [0.05, 0.1) is 30.8 Å². The molecule has 2 unspecified atom stereocenters. The van der Waals surface area contributed by atoms with Gasteiger partial charge in [0.1, 0.15) is 11.5 Å². The molecular formula is C29H29N3O6. The highest BCUT2D eigenvalue weighted by atomic mass is 16.6. The molecule has 0 spiro atoms. The van der Waals surface area contributed by atoms with Crippen LogP contribution >= 0.6 is 0 Å². The van der Waals surface area contributed by atoms with Crippen molar-refractivity contribution in [2.24, 2.45) is 5.10 Å². The molecule has 196 valence electrons. The fourth-order valence-electron chi connectivity index (χ4n) is 3.81. The van der Waals surface area contributed by atoms with Crippen LogP contribution in [0.4, 0.5) is 17.1 Å². The number of benzene rings is 3. The van der Waals surface area contributed by atoms with Gasteiger partial charge >= 0.3 is 11.9 Å². The molecule has 2 atom stereocenters. The Morgan fingerprint density at radius 3 is 1.58 bits per heavy atom. The van der Waals surface area contributed by atoms with Gasteiger partial charge in [-0.1, -0.05) is 12.1 Å². The Morgan fingerprint density at radius 2 is 1.18 bits per heavy atom. The molecule has 0 N–H and O–H groups in total. The molecule has 5 rings (SSSR count). The zero-order valence-electron chi connectivity index (χ0n) is 21.3. The maximum atomic E-state index is 11.9. The molecule has 0 radical (unpaired) electrons. The van der Waals surface area contributed by atoms with Crippen LogP contribution in [0.2, 0.25) is 0 Å². The summed E-state index contributed by atoms with van der Waals surface area (Å²) in [6, 6.07) is 22.3. The normalized spacial score (nSPS) is 17.6. The zero-order valence-corrected chi connectivity index (χ0v) is 21.3. The molecule has 2 saturated heterocycles. The van der Waals surface area contributed by atoms with E-state index in [0.717, 1.165) is 35.7 Å². The van der Waals surface area contributed by atoms with Crippen LogP contribution in [0.15, 0.2) is 77.9 Å². The highest BCUT2D eigenvalue weighted by Gasteiger charge is 2.34. The predicted molar refractivity (Wildman–Crippen MR) is 143 cm³/mol. The van der Waals surface area contributed by atoms with Crippen LogP contribution < -0.4 is 19.4 Å². The van der Waals surface area contributed by atoms with Crippen molar-refractivity contribution < 1.29 is 28.5 Å². The number of epoxide rings is 2. The largest absolute Gasteiger partial charge is 0.425 e. The topological polar surface area (TPSA) is 96.5 Å². The van der Waals surface area contributed by atoms with Gasteiger partial charge < -0.3 is 23.8 Å². The smallest absolute Gasteiger partial charge is 0.343 e. The van der Waals surface area contributed by atoms with Crippen LogP contribution in [-0.4, -0.2) is 56.7 Å². The van der Waals surface area contributed by atoms with E-state index >= 15 is 0 Å². The van der Waals surface area contributed by atoms with E-state index in [1.54, 1.807) is 35.5 Å². The monoisotopic (exact) mass is 515 g/mol. The third kappa shape index (κ3) is 6.37. The number of rotatable bonds is 11. The van der Waals surface area contributed by atoms with Crippen LogP contribution in [0.25, 0.3) is 0 Å². The first-order chi connectivity index (χ1) is 18.5. The fourth-order valence-corrected chi connectivity index (χ4v) is 3.81. The standard InChI is InChI=1S/C29H29N3O6/c1-3-31(4-2)21-7-5-20(6-8-21)17-30-32(22-9-13-24(14-10-22)37-28(33)26-18-35-26)23-11-15-25(16-12-23)38-29(34)27-19-36-27/h5-17,26-27H,3-4,18-19H2,1-2H3. The van der Waals surface area contributed by atoms with Crippen LogP contribution in [0.5, 0.6) is 11.5 Å². The number of hydrogen-bond donors (Lipinski definition) is 0. The summed E-state index contributed by atoms with van der Waals surface area (Å²) in [6.07, 6.45) is 0.842. The van der Waals surface area contributed by atoms with Crippen molar-refractivity contribution in [3.05, 3.63) is 78.4 Å². The van der Waals surface area contributed by atoms with Crippen LogP contribution in [0.1, 0.15) is 19.4 Å². The van der Waals surface area contributed by atoms with E-state index < -0.39 is 24.1 Å². The molecule has 0 bridgehead atoms. The lowest BCUT2D eigenvalue weighted by Gasteiger charge is -2.21. The Hall–Kier alpha value is -4.21. The maximum Gasteiger partial charge on any atom is 0.343 e. The van der Waals surface area contributed by atoms with E-state index in [1.807, 2.05) is 36.4 Å². The summed E-state index contributed by atoms with van der Waals surface area (Å²) < 4.78 is 20.7. The quantitative estimate of drug-likeness (QED) is 0.123. The highest BCUT2D eigenvalue weighted by molar-refractivity contribution is 5.83. The van der Waals surface area contributed by atoms with Gasteiger partial charge in [0.2, 0.25) is 0 Å². The van der Waals surface area contributed by atoms with Gasteiger partial charge in [0.15, 0.2) is 12.2 Å². The van der Waals surface area contributed by atoms with E-state index in [4.69, 9.17) is 24.0 Å². The lowest BCUT2D eigenvalue weighted by Crippen LogP contribution is -2.21. The van der Waals surface area contributed by atoms with Crippen molar-refractivity contribution in [2.45, 2.75) is 26.1 Å². The van der Waals surface area contributed by atoms with Crippen molar-refractivity contribution in [1.82, 2.24) is 0 Å². The van der Waals surface area contributed by atoms with E-state index in [-0.39, 0.29) is 0 Å². The molecule has 0 aliphatic carbocycles. The summed E-state index contributed by atoms with van der Waals surface area (Å²) >= 11 is 0. The summed E-state index contributed by atoms with van der Waals surface area (Å²) in [5.41, 5.74) is 3.60. The number of esters is 2. The summed E-state index contributed by atoms with van der Waals surface area (Å²) in [4.78, 5) is 26.1. The number of hydrazone groups is 1. The van der Waals surface area contributed by atoms with Gasteiger partial charge in [-0.15, -0.1) is 0 Å². The number of carbonyl (C=O) groups is 2. The molecule has 38 heavy (non-hydrogen) atoms. The van der Waals surface area contributed by atoms with Gasteiger partial charge in [-0.25, -0.2) is 14.6 Å². The van der Waals surface area contributed by atoms with Crippen molar-refractivity contribution in [3.8, 4) is 11.5 Å². The molecule has 2 heterocycles. The van der Waals surface area contributed by atoms with Gasteiger partial charge in [-0.05, 0) is 80.1 Å². The second kappa shape index (κ2) is 11.5. The van der Waals surface area contributed by atoms with E-state index in [9.17, 15) is 9.59 Å². The Kier molecular flexibility index (Phi) is 7.67. The Morgan fingerprint density at radius 1 is 0.763 bits per heavy atom. The molecular weight excluding hydrogens is 486 g/mol. The average molecular weight is 516 g/mol. The Labute approximate surface area is 221 Å². The summed E-state index contributed by atoms with van der Waals surface area (Å²) in [5, 5.41) is 6.50. The van der Waals surface area contributed by atoms with Crippen molar-refractivity contribution in [3.63, 3.8) is 0 Å². The highest BCUT2D eigenvalue weighted by Crippen LogP contribution is 2.30. The van der Waals surface area contributed by atoms with E-state index in [1.165, 1.54) is 0 Å². The zero-order chi connectivity index (χ0) is 26.5. The SMILES string of the molecule is CCN(CC)c1ccc(C=NN(c2ccc(OC(=O)C3CO3)cc2)c2ccc(OC(=O)C3CO3)cc2)cc1. The molecule has 2 aliphatic rings. The second-order valence-corrected chi connectivity index (χ2v) is 8.79. The van der Waals surface area contributed by atoms with Crippen LogP contribution in [-0.2, 0) is 19.1 Å². The van der Waals surface area contributed by atoms with Gasteiger partial charge in [0.25, 0.3) is 0 Å². The number of ether oxygens (including phenoxy) is 4. The van der Waals surface area contributed by atoms with E-state index in [2.05, 4.69) is 30.9 Å². The first kappa shape index (κ1) is 25.4. The first-order valence-corrected chi connectivity index (χ1v) is 12.6. The molecule has 2 fully saturated rings. The molecule has 3 aromatic rings. The third-order valence-corrected chi connectivity index (χ3v) is 6.14. The minimum atomic E-state index is -0.469. The molecule has 3 aromatic carbocycles. The lowest BCUT2D eigenvalue weighted by molar-refractivity contribution is -0.136. The molecule has 9 nitrogen and oxygen atoms in total. The molecule has 0 aromatic heterocycles. The van der Waals surface area contributed by atoms with Gasteiger partial charge in [-0.2, -0.15) is 5.10 Å². The number of nitrogens with zero attached hydrogens (tertiary/aromatic N) is 3. The predicted octanol–water partition coefficient (Wildman–Crippen LogP) is 4.31. The Balaban J connectivity index is 1.36. The lowest BCUT2D eigenvalue weighted by atomic mass is 10.2. The summed E-state index contributed by atoms with van der Waals surface area (Å²) in [7, 11) is 0. The molecule has 0 saturated carbocycles. The minimum Gasteiger partial charge on any atom is -0.425 e.